The Bertz CT molecular complexity index is 985. The maximum absolute atomic E-state index is 12.5. The highest BCUT2D eigenvalue weighted by atomic mass is 79.9. The second-order valence-corrected chi connectivity index (χ2v) is 10.0. The Hall–Kier alpha value is -1.90. The van der Waals surface area contributed by atoms with Crippen molar-refractivity contribution in [1.29, 1.82) is 0 Å². The van der Waals surface area contributed by atoms with Crippen LogP contribution in [0.2, 0.25) is 0 Å². The average molecular weight is 497 g/mol. The molecule has 0 fully saturated rings. The molecular weight excluding hydrogens is 468 g/mol. The number of ether oxygens (including phenoxy) is 1. The van der Waals surface area contributed by atoms with E-state index >= 15 is 0 Å². The van der Waals surface area contributed by atoms with Gasteiger partial charge in [0.05, 0.1) is 4.90 Å². The minimum atomic E-state index is -3.52. The number of anilines is 1. The zero-order valence-corrected chi connectivity index (χ0v) is 20.4. The van der Waals surface area contributed by atoms with Gasteiger partial charge in [-0.15, -0.1) is 0 Å². The summed E-state index contributed by atoms with van der Waals surface area (Å²) in [7, 11) is -3.52. The lowest BCUT2D eigenvalue weighted by molar-refractivity contribution is -0.118. The molecular formula is C22H29BrN2O4S. The lowest BCUT2D eigenvalue weighted by Crippen LogP contribution is -2.30. The second-order valence-electron chi connectivity index (χ2n) is 7.24. The lowest BCUT2D eigenvalue weighted by atomic mass is 10.0. The van der Waals surface area contributed by atoms with Crippen LogP contribution in [0.5, 0.6) is 5.75 Å². The van der Waals surface area contributed by atoms with Crippen LogP contribution in [-0.4, -0.2) is 38.3 Å². The van der Waals surface area contributed by atoms with Crippen LogP contribution in [0.3, 0.4) is 0 Å². The SMILES string of the molecule is CCN(CC)S(=O)(=O)c1ccc(NC(=O)COc2cc(C)c(Br)cc2C(C)C)cc1. The Kier molecular flexibility index (Phi) is 8.46. The number of carbonyl (C=O) groups is 1. The van der Waals surface area contributed by atoms with E-state index in [-0.39, 0.29) is 23.3 Å². The molecule has 0 saturated carbocycles. The minimum absolute atomic E-state index is 0.139. The predicted molar refractivity (Wildman–Crippen MR) is 124 cm³/mol. The Morgan fingerprint density at radius 3 is 2.27 bits per heavy atom. The number of hydrogen-bond acceptors (Lipinski definition) is 4. The molecule has 0 bridgehead atoms. The van der Waals surface area contributed by atoms with E-state index < -0.39 is 10.0 Å². The predicted octanol–water partition coefficient (Wildman–Crippen LogP) is 4.93. The summed E-state index contributed by atoms with van der Waals surface area (Å²) in [5.41, 5.74) is 2.56. The molecule has 0 saturated heterocycles. The maximum atomic E-state index is 12.5. The van der Waals surface area contributed by atoms with Crippen molar-refractivity contribution >= 4 is 37.5 Å². The van der Waals surface area contributed by atoms with Gasteiger partial charge < -0.3 is 10.1 Å². The van der Waals surface area contributed by atoms with Crippen LogP contribution in [0.1, 0.15) is 44.7 Å². The molecule has 0 aliphatic rings. The summed E-state index contributed by atoms with van der Waals surface area (Å²) in [6.07, 6.45) is 0. The minimum Gasteiger partial charge on any atom is -0.483 e. The molecule has 2 aromatic carbocycles. The van der Waals surface area contributed by atoms with Gasteiger partial charge in [-0.1, -0.05) is 43.6 Å². The second kappa shape index (κ2) is 10.4. The van der Waals surface area contributed by atoms with Gasteiger partial charge in [-0.3, -0.25) is 4.79 Å². The summed E-state index contributed by atoms with van der Waals surface area (Å²) in [5.74, 6) is 0.617. The van der Waals surface area contributed by atoms with Gasteiger partial charge in [-0.05, 0) is 60.4 Å². The van der Waals surface area contributed by atoms with Crippen molar-refractivity contribution in [3.63, 3.8) is 0 Å². The Morgan fingerprint density at radius 2 is 1.73 bits per heavy atom. The van der Waals surface area contributed by atoms with Gasteiger partial charge in [0, 0.05) is 23.2 Å². The van der Waals surface area contributed by atoms with Gasteiger partial charge >= 0.3 is 0 Å². The van der Waals surface area contributed by atoms with Gasteiger partial charge in [0.25, 0.3) is 5.91 Å². The quantitative estimate of drug-likeness (QED) is 0.533. The average Bonchev–Trinajstić information content (AvgIpc) is 2.69. The number of benzene rings is 2. The van der Waals surface area contributed by atoms with Crippen LogP contribution >= 0.6 is 15.9 Å². The van der Waals surface area contributed by atoms with Crippen molar-refractivity contribution in [2.75, 3.05) is 25.0 Å². The van der Waals surface area contributed by atoms with E-state index in [2.05, 4.69) is 35.1 Å². The fraction of sp³-hybridized carbons (Fsp3) is 0.409. The molecule has 2 aromatic rings. The largest absolute Gasteiger partial charge is 0.483 e. The van der Waals surface area contributed by atoms with E-state index in [1.807, 2.05) is 19.1 Å². The van der Waals surface area contributed by atoms with E-state index in [1.165, 1.54) is 16.4 Å². The number of hydrogen-bond donors (Lipinski definition) is 1. The van der Waals surface area contributed by atoms with Crippen LogP contribution in [0.15, 0.2) is 45.8 Å². The van der Waals surface area contributed by atoms with Gasteiger partial charge in [0.1, 0.15) is 5.75 Å². The van der Waals surface area contributed by atoms with E-state index in [0.717, 1.165) is 15.6 Å². The molecule has 2 rings (SSSR count). The highest BCUT2D eigenvalue weighted by molar-refractivity contribution is 9.10. The summed E-state index contributed by atoms with van der Waals surface area (Å²) < 4.78 is 33.2. The van der Waals surface area contributed by atoms with Gasteiger partial charge in [0.2, 0.25) is 10.0 Å². The van der Waals surface area contributed by atoms with Crippen LogP contribution < -0.4 is 10.1 Å². The lowest BCUT2D eigenvalue weighted by Gasteiger charge is -2.18. The molecule has 8 heteroatoms. The molecule has 164 valence electrons. The Balaban J connectivity index is 2.05. The number of carbonyl (C=O) groups excluding carboxylic acids is 1. The van der Waals surface area contributed by atoms with E-state index in [0.29, 0.717) is 24.5 Å². The summed E-state index contributed by atoms with van der Waals surface area (Å²) >= 11 is 3.53. The van der Waals surface area contributed by atoms with Gasteiger partial charge in [-0.2, -0.15) is 4.31 Å². The molecule has 30 heavy (non-hydrogen) atoms. The summed E-state index contributed by atoms with van der Waals surface area (Å²) in [6.45, 7) is 10.4. The van der Waals surface area contributed by atoms with Crippen molar-refractivity contribution < 1.29 is 17.9 Å². The van der Waals surface area contributed by atoms with Crippen LogP contribution in [0, 0.1) is 6.92 Å². The number of aryl methyl sites for hydroxylation is 1. The van der Waals surface area contributed by atoms with E-state index in [4.69, 9.17) is 4.74 Å². The summed E-state index contributed by atoms with van der Waals surface area (Å²) in [5, 5.41) is 2.74. The molecule has 0 atom stereocenters. The van der Waals surface area contributed by atoms with E-state index in [9.17, 15) is 13.2 Å². The fourth-order valence-corrected chi connectivity index (χ4v) is 4.83. The number of nitrogens with one attached hydrogen (secondary N) is 1. The smallest absolute Gasteiger partial charge is 0.262 e. The number of nitrogens with zero attached hydrogens (tertiary/aromatic N) is 1. The third-order valence-corrected chi connectivity index (χ3v) is 7.67. The first-order chi connectivity index (χ1) is 14.1. The van der Waals surface area contributed by atoms with Crippen molar-refractivity contribution in [1.82, 2.24) is 4.31 Å². The molecule has 0 heterocycles. The molecule has 0 aliphatic heterocycles. The highest BCUT2D eigenvalue weighted by Crippen LogP contribution is 2.32. The van der Waals surface area contributed by atoms with Gasteiger partial charge in [0.15, 0.2) is 6.61 Å². The first-order valence-electron chi connectivity index (χ1n) is 9.93. The highest BCUT2D eigenvalue weighted by Gasteiger charge is 2.21. The molecule has 1 N–H and O–H groups in total. The van der Waals surface area contributed by atoms with Crippen molar-refractivity contribution in [2.24, 2.45) is 0 Å². The topological polar surface area (TPSA) is 75.7 Å². The van der Waals surface area contributed by atoms with Crippen molar-refractivity contribution in [3.05, 3.63) is 52.0 Å². The third kappa shape index (κ3) is 5.83. The Morgan fingerprint density at radius 1 is 1.13 bits per heavy atom. The maximum Gasteiger partial charge on any atom is 0.262 e. The van der Waals surface area contributed by atoms with Crippen molar-refractivity contribution in [3.8, 4) is 5.75 Å². The number of halogens is 1. The first kappa shape index (κ1) is 24.4. The van der Waals surface area contributed by atoms with Crippen LogP contribution in [-0.2, 0) is 14.8 Å². The summed E-state index contributed by atoms with van der Waals surface area (Å²) in [6, 6.07) is 10.1. The van der Waals surface area contributed by atoms with Crippen molar-refractivity contribution in [2.45, 2.75) is 45.4 Å². The monoisotopic (exact) mass is 496 g/mol. The zero-order chi connectivity index (χ0) is 22.5. The molecule has 0 unspecified atom stereocenters. The molecule has 1 amide bonds. The first-order valence-corrected chi connectivity index (χ1v) is 12.2. The fourth-order valence-electron chi connectivity index (χ4n) is 3.01. The number of sulfonamides is 1. The Labute approximate surface area is 187 Å². The normalized spacial score (nSPS) is 11.7. The van der Waals surface area contributed by atoms with Crippen LogP contribution in [0.25, 0.3) is 0 Å². The zero-order valence-electron chi connectivity index (χ0n) is 18.0. The molecule has 0 spiro atoms. The van der Waals surface area contributed by atoms with E-state index in [1.54, 1.807) is 26.0 Å². The third-order valence-electron chi connectivity index (χ3n) is 4.75. The number of rotatable bonds is 9. The molecule has 6 nitrogen and oxygen atoms in total. The molecule has 0 radical (unpaired) electrons. The molecule has 0 aliphatic carbocycles. The summed E-state index contributed by atoms with van der Waals surface area (Å²) in [4.78, 5) is 12.5. The van der Waals surface area contributed by atoms with Gasteiger partial charge in [-0.25, -0.2) is 8.42 Å². The van der Waals surface area contributed by atoms with Crippen LogP contribution in [0.4, 0.5) is 5.69 Å². The standard InChI is InChI=1S/C22H29BrN2O4S/c1-6-25(7-2)30(27,28)18-10-8-17(9-11-18)24-22(26)14-29-21-12-16(5)20(23)13-19(21)15(3)4/h8-13,15H,6-7,14H2,1-5H3,(H,24,26). The molecule has 0 aromatic heterocycles. The number of amides is 1.